The first-order chi connectivity index (χ1) is 11.9. The van der Waals surface area contributed by atoms with Crippen LogP contribution >= 0.6 is 0 Å². The summed E-state index contributed by atoms with van der Waals surface area (Å²) in [4.78, 5) is 34.8. The van der Waals surface area contributed by atoms with Gasteiger partial charge in [-0.05, 0) is 36.4 Å². The van der Waals surface area contributed by atoms with Gasteiger partial charge in [0.25, 0.3) is 5.91 Å². The Morgan fingerprint density at radius 1 is 0.920 bits per heavy atom. The van der Waals surface area contributed by atoms with Gasteiger partial charge < -0.3 is 14.8 Å². The second-order valence-corrected chi connectivity index (χ2v) is 4.82. The normalized spacial score (nSPS) is 10.0. The van der Waals surface area contributed by atoms with E-state index in [0.29, 0.717) is 0 Å². The number of methoxy groups -OCH3 is 1. The van der Waals surface area contributed by atoms with E-state index in [1.165, 1.54) is 37.4 Å². The molecule has 0 spiro atoms. The molecule has 0 heterocycles. The molecule has 1 N–H and O–H groups in total. The van der Waals surface area contributed by atoms with Crippen LogP contribution in [0.25, 0.3) is 0 Å². The predicted octanol–water partition coefficient (Wildman–Crippen LogP) is 2.55. The highest BCUT2D eigenvalue weighted by Gasteiger charge is 2.13. The molecule has 2 rings (SSSR count). The summed E-state index contributed by atoms with van der Waals surface area (Å²) in [6, 6.07) is 8.29. The maximum Gasteiger partial charge on any atom is 0.338 e. The van der Waals surface area contributed by atoms with E-state index in [1.54, 1.807) is 0 Å². The molecule has 130 valence electrons. The Morgan fingerprint density at radius 2 is 1.52 bits per heavy atom. The van der Waals surface area contributed by atoms with Gasteiger partial charge in [-0.2, -0.15) is 0 Å². The molecular formula is C17H13F2NO5. The maximum atomic E-state index is 13.0. The lowest BCUT2D eigenvalue weighted by molar-refractivity contribution is -0.119. The van der Waals surface area contributed by atoms with E-state index in [4.69, 9.17) is 4.74 Å². The maximum absolute atomic E-state index is 13.0. The SMILES string of the molecule is COC(=O)c1ccc(C(=O)OCC(=O)Nc2ccc(F)c(F)c2)cc1. The first-order valence-corrected chi connectivity index (χ1v) is 7.01. The van der Waals surface area contributed by atoms with Crippen molar-refractivity contribution in [1.29, 1.82) is 0 Å². The molecule has 2 aromatic carbocycles. The van der Waals surface area contributed by atoms with Crippen LogP contribution < -0.4 is 5.32 Å². The Balaban J connectivity index is 1.89. The number of esters is 2. The van der Waals surface area contributed by atoms with Crippen molar-refractivity contribution in [2.45, 2.75) is 0 Å². The van der Waals surface area contributed by atoms with E-state index in [0.717, 1.165) is 12.1 Å². The number of carbonyl (C=O) groups is 3. The van der Waals surface area contributed by atoms with Gasteiger partial charge in [0.15, 0.2) is 18.2 Å². The Labute approximate surface area is 141 Å². The van der Waals surface area contributed by atoms with Crippen LogP contribution in [-0.4, -0.2) is 31.6 Å². The van der Waals surface area contributed by atoms with Gasteiger partial charge >= 0.3 is 11.9 Å². The summed E-state index contributed by atoms with van der Waals surface area (Å²) in [5, 5.41) is 2.26. The van der Waals surface area contributed by atoms with Crippen molar-refractivity contribution >= 4 is 23.5 Å². The quantitative estimate of drug-likeness (QED) is 0.839. The third kappa shape index (κ3) is 4.84. The zero-order valence-corrected chi connectivity index (χ0v) is 13.0. The minimum Gasteiger partial charge on any atom is -0.465 e. The average molecular weight is 349 g/mol. The molecule has 0 saturated carbocycles. The van der Waals surface area contributed by atoms with Gasteiger partial charge in [0, 0.05) is 11.8 Å². The average Bonchev–Trinajstić information content (AvgIpc) is 2.62. The summed E-state index contributed by atoms with van der Waals surface area (Å²) < 4.78 is 35.2. The lowest BCUT2D eigenvalue weighted by Gasteiger charge is -2.07. The van der Waals surface area contributed by atoms with Gasteiger partial charge in [0.2, 0.25) is 0 Å². The number of carbonyl (C=O) groups excluding carboxylic acids is 3. The van der Waals surface area contributed by atoms with Crippen LogP contribution in [0.4, 0.5) is 14.5 Å². The number of rotatable bonds is 5. The fraction of sp³-hybridized carbons (Fsp3) is 0.118. The topological polar surface area (TPSA) is 81.7 Å². The Hall–Kier alpha value is -3.29. The van der Waals surface area contributed by atoms with Crippen molar-refractivity contribution in [3.8, 4) is 0 Å². The first kappa shape index (κ1) is 18.1. The summed E-state index contributed by atoms with van der Waals surface area (Å²) in [5.74, 6) is -4.20. The lowest BCUT2D eigenvalue weighted by Crippen LogP contribution is -2.21. The zero-order chi connectivity index (χ0) is 18.4. The van der Waals surface area contributed by atoms with E-state index in [9.17, 15) is 23.2 Å². The summed E-state index contributed by atoms with van der Waals surface area (Å²) in [6.45, 7) is -0.615. The molecule has 0 aliphatic carbocycles. The van der Waals surface area contributed by atoms with Crippen LogP contribution in [0.2, 0.25) is 0 Å². The van der Waals surface area contributed by atoms with Crippen LogP contribution in [0.3, 0.4) is 0 Å². The molecule has 0 aliphatic heterocycles. The number of benzene rings is 2. The van der Waals surface area contributed by atoms with Gasteiger partial charge in [-0.3, -0.25) is 4.79 Å². The monoisotopic (exact) mass is 349 g/mol. The predicted molar refractivity (Wildman–Crippen MR) is 83.1 cm³/mol. The highest BCUT2D eigenvalue weighted by Crippen LogP contribution is 2.13. The molecule has 0 aliphatic rings. The van der Waals surface area contributed by atoms with Gasteiger partial charge in [-0.15, -0.1) is 0 Å². The second-order valence-electron chi connectivity index (χ2n) is 4.82. The lowest BCUT2D eigenvalue weighted by atomic mass is 10.1. The van der Waals surface area contributed by atoms with Crippen molar-refractivity contribution < 1.29 is 32.6 Å². The van der Waals surface area contributed by atoms with Crippen LogP contribution in [-0.2, 0) is 14.3 Å². The summed E-state index contributed by atoms with van der Waals surface area (Å²) in [5.41, 5.74) is 0.422. The van der Waals surface area contributed by atoms with Crippen LogP contribution in [0.5, 0.6) is 0 Å². The molecule has 0 radical (unpaired) electrons. The first-order valence-electron chi connectivity index (χ1n) is 7.01. The molecular weight excluding hydrogens is 336 g/mol. The van der Waals surface area contributed by atoms with E-state index < -0.39 is 36.1 Å². The van der Waals surface area contributed by atoms with Crippen molar-refractivity contribution in [2.24, 2.45) is 0 Å². The highest BCUT2D eigenvalue weighted by atomic mass is 19.2. The van der Waals surface area contributed by atoms with E-state index >= 15 is 0 Å². The highest BCUT2D eigenvalue weighted by molar-refractivity contribution is 5.96. The fourth-order valence-electron chi connectivity index (χ4n) is 1.85. The van der Waals surface area contributed by atoms with Crippen LogP contribution in [0, 0.1) is 11.6 Å². The summed E-state index contributed by atoms with van der Waals surface area (Å²) in [7, 11) is 1.23. The summed E-state index contributed by atoms with van der Waals surface area (Å²) in [6.07, 6.45) is 0. The van der Waals surface area contributed by atoms with Crippen molar-refractivity contribution in [2.75, 3.05) is 19.0 Å². The third-order valence-electron chi connectivity index (χ3n) is 3.08. The van der Waals surface area contributed by atoms with Gasteiger partial charge in [0.1, 0.15) is 0 Å². The zero-order valence-electron chi connectivity index (χ0n) is 13.0. The number of ether oxygens (including phenoxy) is 2. The minimum atomic E-state index is -1.11. The van der Waals surface area contributed by atoms with Crippen molar-refractivity contribution in [3.63, 3.8) is 0 Å². The number of amides is 1. The molecule has 6 nitrogen and oxygen atoms in total. The van der Waals surface area contributed by atoms with E-state index in [1.807, 2.05) is 0 Å². The van der Waals surface area contributed by atoms with Crippen LogP contribution in [0.15, 0.2) is 42.5 Å². The largest absolute Gasteiger partial charge is 0.465 e. The fourth-order valence-corrected chi connectivity index (χ4v) is 1.85. The Bertz CT molecular complexity index is 805. The molecule has 0 aromatic heterocycles. The molecule has 8 heteroatoms. The number of hydrogen-bond donors (Lipinski definition) is 1. The molecule has 0 saturated heterocycles. The van der Waals surface area contributed by atoms with Crippen molar-refractivity contribution in [1.82, 2.24) is 0 Å². The molecule has 0 atom stereocenters. The number of halogens is 2. The standard InChI is InChI=1S/C17H13F2NO5/c1-24-16(22)10-2-4-11(5-3-10)17(23)25-9-15(21)20-12-6-7-13(18)14(19)8-12/h2-8H,9H2,1H3,(H,20,21). The number of anilines is 1. The van der Waals surface area contributed by atoms with Crippen LogP contribution in [0.1, 0.15) is 20.7 Å². The van der Waals surface area contributed by atoms with E-state index in [-0.39, 0.29) is 16.8 Å². The molecule has 0 bridgehead atoms. The van der Waals surface area contributed by atoms with E-state index in [2.05, 4.69) is 10.1 Å². The minimum absolute atomic E-state index is 0.0300. The van der Waals surface area contributed by atoms with Crippen molar-refractivity contribution in [3.05, 3.63) is 65.2 Å². The Morgan fingerprint density at radius 3 is 2.08 bits per heavy atom. The van der Waals surface area contributed by atoms with Gasteiger partial charge in [-0.25, -0.2) is 18.4 Å². The molecule has 1 amide bonds. The smallest absolute Gasteiger partial charge is 0.338 e. The third-order valence-corrected chi connectivity index (χ3v) is 3.08. The summed E-state index contributed by atoms with van der Waals surface area (Å²) >= 11 is 0. The molecule has 25 heavy (non-hydrogen) atoms. The number of hydrogen-bond acceptors (Lipinski definition) is 5. The number of nitrogens with one attached hydrogen (secondary N) is 1. The Kier molecular flexibility index (Phi) is 5.78. The molecule has 0 unspecified atom stereocenters. The molecule has 2 aromatic rings. The van der Waals surface area contributed by atoms with Gasteiger partial charge in [0.05, 0.1) is 18.2 Å². The molecule has 0 fully saturated rings. The van der Waals surface area contributed by atoms with Gasteiger partial charge in [-0.1, -0.05) is 0 Å². The second kappa shape index (κ2) is 8.00.